The smallest absolute Gasteiger partial charge is 0.138 e. The lowest BCUT2D eigenvalue weighted by atomic mass is 10.1. The van der Waals surface area contributed by atoms with E-state index in [0.717, 1.165) is 16.9 Å². The van der Waals surface area contributed by atoms with Crippen LogP contribution >= 0.6 is 0 Å². The molecule has 0 unspecified atom stereocenters. The van der Waals surface area contributed by atoms with Crippen molar-refractivity contribution in [1.29, 1.82) is 0 Å². The van der Waals surface area contributed by atoms with Crippen molar-refractivity contribution in [3.05, 3.63) is 48.3 Å². The van der Waals surface area contributed by atoms with Crippen LogP contribution in [0.1, 0.15) is 19.4 Å². The van der Waals surface area contributed by atoms with Crippen molar-refractivity contribution < 1.29 is 4.74 Å². The SMILES string of the molecule is Cc1ccc(-c2cncc(OC(C)C)c2)cc1. The summed E-state index contributed by atoms with van der Waals surface area (Å²) in [6.07, 6.45) is 3.78. The molecule has 0 bridgehead atoms. The van der Waals surface area contributed by atoms with E-state index in [1.807, 2.05) is 26.1 Å². The first-order chi connectivity index (χ1) is 8.15. The molecule has 0 saturated heterocycles. The van der Waals surface area contributed by atoms with Gasteiger partial charge in [-0.15, -0.1) is 0 Å². The van der Waals surface area contributed by atoms with E-state index < -0.39 is 0 Å². The molecule has 0 fully saturated rings. The van der Waals surface area contributed by atoms with E-state index in [0.29, 0.717) is 0 Å². The Morgan fingerprint density at radius 1 is 1.00 bits per heavy atom. The number of aromatic nitrogens is 1. The molecule has 0 aliphatic carbocycles. The zero-order chi connectivity index (χ0) is 12.3. The van der Waals surface area contributed by atoms with Gasteiger partial charge in [0.1, 0.15) is 5.75 Å². The zero-order valence-electron chi connectivity index (χ0n) is 10.5. The highest BCUT2D eigenvalue weighted by atomic mass is 16.5. The quantitative estimate of drug-likeness (QED) is 0.794. The zero-order valence-corrected chi connectivity index (χ0v) is 10.5. The average molecular weight is 227 g/mol. The highest BCUT2D eigenvalue weighted by Crippen LogP contribution is 2.23. The fourth-order valence-electron chi connectivity index (χ4n) is 1.66. The second-order valence-electron chi connectivity index (χ2n) is 4.44. The predicted molar refractivity (Wildman–Crippen MR) is 70.2 cm³/mol. The van der Waals surface area contributed by atoms with Crippen molar-refractivity contribution in [2.45, 2.75) is 26.9 Å². The lowest BCUT2D eigenvalue weighted by Crippen LogP contribution is -2.05. The van der Waals surface area contributed by atoms with Crippen LogP contribution in [0.25, 0.3) is 11.1 Å². The second-order valence-corrected chi connectivity index (χ2v) is 4.44. The van der Waals surface area contributed by atoms with Gasteiger partial charge in [0.25, 0.3) is 0 Å². The van der Waals surface area contributed by atoms with Crippen LogP contribution in [0, 0.1) is 6.92 Å². The van der Waals surface area contributed by atoms with E-state index in [1.54, 1.807) is 6.20 Å². The summed E-state index contributed by atoms with van der Waals surface area (Å²) in [7, 11) is 0. The molecule has 1 heterocycles. The topological polar surface area (TPSA) is 22.1 Å². The molecule has 17 heavy (non-hydrogen) atoms. The van der Waals surface area contributed by atoms with Gasteiger partial charge in [-0.2, -0.15) is 0 Å². The third kappa shape index (κ3) is 3.06. The maximum Gasteiger partial charge on any atom is 0.138 e. The Kier molecular flexibility index (Phi) is 3.43. The van der Waals surface area contributed by atoms with Crippen LogP contribution in [-0.4, -0.2) is 11.1 Å². The molecular formula is C15H17NO. The van der Waals surface area contributed by atoms with Gasteiger partial charge < -0.3 is 4.74 Å². The molecule has 2 nitrogen and oxygen atoms in total. The van der Waals surface area contributed by atoms with Crippen LogP contribution < -0.4 is 4.74 Å². The van der Waals surface area contributed by atoms with Crippen LogP contribution in [0.5, 0.6) is 5.75 Å². The Bertz CT molecular complexity index is 489. The lowest BCUT2D eigenvalue weighted by molar-refractivity contribution is 0.241. The van der Waals surface area contributed by atoms with Gasteiger partial charge in [-0.1, -0.05) is 29.8 Å². The summed E-state index contributed by atoms with van der Waals surface area (Å²) in [5.41, 5.74) is 3.51. The second kappa shape index (κ2) is 5.00. The van der Waals surface area contributed by atoms with Crippen LogP contribution in [0.3, 0.4) is 0 Å². The van der Waals surface area contributed by atoms with Gasteiger partial charge in [0.2, 0.25) is 0 Å². The molecule has 2 aromatic rings. The van der Waals surface area contributed by atoms with E-state index in [-0.39, 0.29) is 6.10 Å². The lowest BCUT2D eigenvalue weighted by Gasteiger charge is -2.10. The number of hydrogen-bond donors (Lipinski definition) is 0. The van der Waals surface area contributed by atoms with Crippen molar-refractivity contribution in [1.82, 2.24) is 4.98 Å². The Morgan fingerprint density at radius 2 is 1.71 bits per heavy atom. The molecule has 2 heteroatoms. The predicted octanol–water partition coefficient (Wildman–Crippen LogP) is 3.84. The van der Waals surface area contributed by atoms with Crippen LogP contribution in [0.15, 0.2) is 42.7 Å². The summed E-state index contributed by atoms with van der Waals surface area (Å²) >= 11 is 0. The van der Waals surface area contributed by atoms with Crippen molar-refractivity contribution in [2.75, 3.05) is 0 Å². The van der Waals surface area contributed by atoms with E-state index in [2.05, 4.69) is 36.2 Å². The maximum absolute atomic E-state index is 5.64. The van der Waals surface area contributed by atoms with Gasteiger partial charge in [-0.3, -0.25) is 4.98 Å². The fourth-order valence-corrected chi connectivity index (χ4v) is 1.66. The number of rotatable bonds is 3. The summed E-state index contributed by atoms with van der Waals surface area (Å²) < 4.78 is 5.64. The molecule has 0 atom stereocenters. The minimum atomic E-state index is 0.171. The number of benzene rings is 1. The Balaban J connectivity index is 2.29. The summed E-state index contributed by atoms with van der Waals surface area (Å²) in [5.74, 6) is 0.818. The van der Waals surface area contributed by atoms with Crippen molar-refractivity contribution in [3.63, 3.8) is 0 Å². The number of nitrogens with zero attached hydrogens (tertiary/aromatic N) is 1. The van der Waals surface area contributed by atoms with E-state index in [9.17, 15) is 0 Å². The van der Waals surface area contributed by atoms with Crippen molar-refractivity contribution in [3.8, 4) is 16.9 Å². The van der Waals surface area contributed by atoms with Gasteiger partial charge in [0.15, 0.2) is 0 Å². The fraction of sp³-hybridized carbons (Fsp3) is 0.267. The molecule has 0 aliphatic heterocycles. The first-order valence-electron chi connectivity index (χ1n) is 5.84. The summed E-state index contributed by atoms with van der Waals surface area (Å²) in [6, 6.07) is 10.4. The van der Waals surface area contributed by atoms with Gasteiger partial charge in [-0.05, 0) is 32.4 Å². The molecule has 2 rings (SSSR count). The molecule has 0 aliphatic rings. The number of pyridine rings is 1. The van der Waals surface area contributed by atoms with Crippen molar-refractivity contribution in [2.24, 2.45) is 0 Å². The van der Waals surface area contributed by atoms with Gasteiger partial charge in [0, 0.05) is 11.8 Å². The van der Waals surface area contributed by atoms with E-state index in [1.165, 1.54) is 5.56 Å². The van der Waals surface area contributed by atoms with Crippen LogP contribution in [0.4, 0.5) is 0 Å². The third-order valence-corrected chi connectivity index (χ3v) is 2.47. The number of hydrogen-bond acceptors (Lipinski definition) is 2. The first-order valence-corrected chi connectivity index (χ1v) is 5.84. The molecule has 1 aromatic heterocycles. The first kappa shape index (κ1) is 11.6. The van der Waals surface area contributed by atoms with Crippen LogP contribution in [-0.2, 0) is 0 Å². The number of aryl methyl sites for hydroxylation is 1. The minimum Gasteiger partial charge on any atom is -0.489 e. The molecule has 0 amide bonds. The molecule has 0 spiro atoms. The molecule has 0 N–H and O–H groups in total. The molecule has 1 aromatic carbocycles. The highest BCUT2D eigenvalue weighted by Gasteiger charge is 2.02. The van der Waals surface area contributed by atoms with Gasteiger partial charge >= 0.3 is 0 Å². The molecule has 0 saturated carbocycles. The van der Waals surface area contributed by atoms with Gasteiger partial charge in [0.05, 0.1) is 12.3 Å². The van der Waals surface area contributed by atoms with Crippen LogP contribution in [0.2, 0.25) is 0 Å². The van der Waals surface area contributed by atoms with E-state index >= 15 is 0 Å². The van der Waals surface area contributed by atoms with Crippen molar-refractivity contribution >= 4 is 0 Å². The normalized spacial score (nSPS) is 10.6. The summed E-state index contributed by atoms with van der Waals surface area (Å²) in [6.45, 7) is 6.11. The molecule has 0 radical (unpaired) electrons. The molecule has 88 valence electrons. The standard InChI is InChI=1S/C15H17NO/c1-11(2)17-15-8-14(9-16-10-15)13-6-4-12(3)5-7-13/h4-11H,1-3H3. The van der Waals surface area contributed by atoms with Gasteiger partial charge in [-0.25, -0.2) is 0 Å². The summed E-state index contributed by atoms with van der Waals surface area (Å²) in [5, 5.41) is 0. The average Bonchev–Trinajstić information content (AvgIpc) is 2.29. The monoisotopic (exact) mass is 227 g/mol. The Labute approximate surface area is 102 Å². The largest absolute Gasteiger partial charge is 0.489 e. The number of ether oxygens (including phenoxy) is 1. The third-order valence-electron chi connectivity index (χ3n) is 2.47. The Morgan fingerprint density at radius 3 is 2.35 bits per heavy atom. The highest BCUT2D eigenvalue weighted by molar-refractivity contribution is 5.64. The Hall–Kier alpha value is -1.83. The summed E-state index contributed by atoms with van der Waals surface area (Å²) in [4.78, 5) is 4.21. The molecular weight excluding hydrogens is 210 g/mol. The van der Waals surface area contributed by atoms with E-state index in [4.69, 9.17) is 4.74 Å². The maximum atomic E-state index is 5.64. The minimum absolute atomic E-state index is 0.171.